The van der Waals surface area contributed by atoms with Gasteiger partial charge < -0.3 is 5.73 Å². The minimum absolute atomic E-state index is 0.225. The highest BCUT2D eigenvalue weighted by molar-refractivity contribution is 5.14. The van der Waals surface area contributed by atoms with Gasteiger partial charge in [0, 0.05) is 5.70 Å². The maximum atomic E-state index is 12.2. The SMILES string of the molecule is C/C=C\C(F)=C(/C)N. The van der Waals surface area contributed by atoms with Crippen molar-refractivity contribution in [2.45, 2.75) is 13.8 Å². The highest BCUT2D eigenvalue weighted by Gasteiger charge is 1.87. The van der Waals surface area contributed by atoms with E-state index < -0.39 is 0 Å². The van der Waals surface area contributed by atoms with E-state index in [-0.39, 0.29) is 11.5 Å². The zero-order valence-electron chi connectivity index (χ0n) is 5.11. The molecule has 0 saturated heterocycles. The molecule has 8 heavy (non-hydrogen) atoms. The van der Waals surface area contributed by atoms with Crippen molar-refractivity contribution in [3.63, 3.8) is 0 Å². The lowest BCUT2D eigenvalue weighted by atomic mass is 10.4. The van der Waals surface area contributed by atoms with Crippen molar-refractivity contribution in [1.82, 2.24) is 0 Å². The van der Waals surface area contributed by atoms with E-state index >= 15 is 0 Å². The molecule has 0 heterocycles. The van der Waals surface area contributed by atoms with Gasteiger partial charge in [0.1, 0.15) is 5.83 Å². The molecular formula is C6H10FN. The van der Waals surface area contributed by atoms with Gasteiger partial charge in [-0.05, 0) is 19.9 Å². The van der Waals surface area contributed by atoms with Crippen molar-refractivity contribution in [2.24, 2.45) is 5.73 Å². The maximum absolute atomic E-state index is 12.2. The van der Waals surface area contributed by atoms with E-state index in [0.717, 1.165) is 0 Å². The summed E-state index contributed by atoms with van der Waals surface area (Å²) in [6.07, 6.45) is 2.93. The Morgan fingerprint density at radius 3 is 2.25 bits per heavy atom. The van der Waals surface area contributed by atoms with Crippen molar-refractivity contribution in [3.8, 4) is 0 Å². The first-order chi connectivity index (χ1) is 3.68. The fourth-order valence-electron chi connectivity index (χ4n) is 0.278. The van der Waals surface area contributed by atoms with E-state index in [1.165, 1.54) is 13.0 Å². The van der Waals surface area contributed by atoms with Crippen molar-refractivity contribution in [3.05, 3.63) is 23.7 Å². The minimum atomic E-state index is -0.354. The van der Waals surface area contributed by atoms with Gasteiger partial charge in [-0.3, -0.25) is 0 Å². The molecule has 0 amide bonds. The third kappa shape index (κ3) is 2.39. The van der Waals surface area contributed by atoms with Crippen molar-refractivity contribution < 1.29 is 4.39 Å². The van der Waals surface area contributed by atoms with Gasteiger partial charge in [0.15, 0.2) is 0 Å². The number of hydrogen-bond donors (Lipinski definition) is 1. The first-order valence-electron chi connectivity index (χ1n) is 2.43. The zero-order valence-corrected chi connectivity index (χ0v) is 5.11. The van der Waals surface area contributed by atoms with E-state index in [0.29, 0.717) is 0 Å². The Labute approximate surface area is 48.7 Å². The smallest absolute Gasteiger partial charge is 0.141 e. The van der Waals surface area contributed by atoms with Crippen LogP contribution in [-0.2, 0) is 0 Å². The molecule has 0 aliphatic heterocycles. The largest absolute Gasteiger partial charge is 0.400 e. The molecule has 0 aliphatic carbocycles. The number of allylic oxidation sites excluding steroid dienone is 4. The molecule has 0 bridgehead atoms. The third-order valence-electron chi connectivity index (χ3n) is 0.690. The monoisotopic (exact) mass is 115 g/mol. The second-order valence-corrected chi connectivity index (χ2v) is 1.53. The predicted octanol–water partition coefficient (Wildman–Crippen LogP) is 1.72. The summed E-state index contributed by atoms with van der Waals surface area (Å²) in [7, 11) is 0. The number of hydrogen-bond acceptors (Lipinski definition) is 1. The van der Waals surface area contributed by atoms with Crippen LogP contribution in [-0.4, -0.2) is 0 Å². The first kappa shape index (κ1) is 7.21. The van der Waals surface area contributed by atoms with Crippen LogP contribution < -0.4 is 5.73 Å². The molecule has 2 N–H and O–H groups in total. The van der Waals surface area contributed by atoms with Crippen molar-refractivity contribution >= 4 is 0 Å². The highest BCUT2D eigenvalue weighted by Crippen LogP contribution is 2.00. The Balaban J connectivity index is 4.00. The maximum Gasteiger partial charge on any atom is 0.141 e. The molecule has 0 atom stereocenters. The summed E-state index contributed by atoms with van der Waals surface area (Å²) >= 11 is 0. The molecule has 0 fully saturated rings. The Hall–Kier alpha value is -0.790. The molecule has 46 valence electrons. The van der Waals surface area contributed by atoms with Crippen LogP contribution in [0.1, 0.15) is 13.8 Å². The van der Waals surface area contributed by atoms with E-state index in [1.807, 2.05) is 0 Å². The lowest BCUT2D eigenvalue weighted by Crippen LogP contribution is -1.91. The molecule has 0 radical (unpaired) electrons. The van der Waals surface area contributed by atoms with Gasteiger partial charge in [-0.1, -0.05) is 6.08 Å². The van der Waals surface area contributed by atoms with Crippen LogP contribution in [0.4, 0.5) is 4.39 Å². The first-order valence-corrected chi connectivity index (χ1v) is 2.43. The summed E-state index contributed by atoms with van der Waals surface area (Å²) in [5.74, 6) is -0.354. The molecule has 0 aromatic carbocycles. The van der Waals surface area contributed by atoms with Crippen LogP contribution in [0.2, 0.25) is 0 Å². The second kappa shape index (κ2) is 3.24. The molecule has 0 spiro atoms. The van der Waals surface area contributed by atoms with Crippen LogP contribution in [0, 0.1) is 0 Å². The lowest BCUT2D eigenvalue weighted by molar-refractivity contribution is 0.652. The van der Waals surface area contributed by atoms with Gasteiger partial charge in [-0.15, -0.1) is 0 Å². The predicted molar refractivity (Wildman–Crippen MR) is 32.8 cm³/mol. The zero-order chi connectivity index (χ0) is 6.57. The summed E-state index contributed by atoms with van der Waals surface area (Å²) in [5.41, 5.74) is 5.30. The van der Waals surface area contributed by atoms with E-state index in [9.17, 15) is 4.39 Å². The molecule has 0 rings (SSSR count). The van der Waals surface area contributed by atoms with Crippen LogP contribution in [0.3, 0.4) is 0 Å². The van der Waals surface area contributed by atoms with Crippen molar-refractivity contribution in [2.75, 3.05) is 0 Å². The molecule has 0 saturated carbocycles. The van der Waals surface area contributed by atoms with Crippen LogP contribution in [0.5, 0.6) is 0 Å². The Morgan fingerprint density at radius 1 is 1.62 bits per heavy atom. The summed E-state index contributed by atoms with van der Waals surface area (Å²) in [5, 5.41) is 0. The topological polar surface area (TPSA) is 26.0 Å². The van der Waals surface area contributed by atoms with Crippen LogP contribution >= 0.6 is 0 Å². The molecule has 0 aliphatic rings. The number of rotatable bonds is 1. The van der Waals surface area contributed by atoms with Gasteiger partial charge >= 0.3 is 0 Å². The van der Waals surface area contributed by atoms with Gasteiger partial charge in [0.2, 0.25) is 0 Å². The quantitative estimate of drug-likeness (QED) is 0.517. The average Bonchev–Trinajstić information content (AvgIpc) is 1.67. The summed E-state index contributed by atoms with van der Waals surface area (Å²) in [6.45, 7) is 3.26. The van der Waals surface area contributed by atoms with Gasteiger partial charge in [0.05, 0.1) is 0 Å². The fraction of sp³-hybridized carbons (Fsp3) is 0.333. The lowest BCUT2D eigenvalue weighted by Gasteiger charge is -1.87. The van der Waals surface area contributed by atoms with Crippen molar-refractivity contribution in [1.29, 1.82) is 0 Å². The molecule has 0 aromatic rings. The molecular weight excluding hydrogens is 105 g/mol. The Bertz CT molecular complexity index is 120. The fourth-order valence-corrected chi connectivity index (χ4v) is 0.278. The third-order valence-corrected chi connectivity index (χ3v) is 0.690. The molecule has 1 nitrogen and oxygen atoms in total. The van der Waals surface area contributed by atoms with E-state index in [1.54, 1.807) is 13.0 Å². The Kier molecular flexibility index (Phi) is 2.92. The standard InChI is InChI=1S/C6H10FN/c1-3-4-6(7)5(2)8/h3-4H,8H2,1-2H3/b4-3-,6-5-. The van der Waals surface area contributed by atoms with Gasteiger partial charge in [-0.25, -0.2) is 4.39 Å². The molecule has 2 heteroatoms. The second-order valence-electron chi connectivity index (χ2n) is 1.53. The van der Waals surface area contributed by atoms with Gasteiger partial charge in [-0.2, -0.15) is 0 Å². The minimum Gasteiger partial charge on any atom is -0.400 e. The Morgan fingerprint density at radius 2 is 2.12 bits per heavy atom. The van der Waals surface area contributed by atoms with Crippen LogP contribution in [0.25, 0.3) is 0 Å². The molecule has 0 aromatic heterocycles. The van der Waals surface area contributed by atoms with E-state index in [2.05, 4.69) is 0 Å². The summed E-state index contributed by atoms with van der Waals surface area (Å²) < 4.78 is 12.2. The van der Waals surface area contributed by atoms with Crippen LogP contribution in [0.15, 0.2) is 23.7 Å². The highest BCUT2D eigenvalue weighted by atomic mass is 19.1. The normalized spacial score (nSPS) is 14.4. The number of halogens is 1. The number of nitrogens with two attached hydrogens (primary N) is 1. The average molecular weight is 115 g/mol. The van der Waals surface area contributed by atoms with Gasteiger partial charge in [0.25, 0.3) is 0 Å². The summed E-state index contributed by atoms with van der Waals surface area (Å²) in [6, 6.07) is 0. The molecule has 0 unspecified atom stereocenters. The summed E-state index contributed by atoms with van der Waals surface area (Å²) in [4.78, 5) is 0. The van der Waals surface area contributed by atoms with E-state index in [4.69, 9.17) is 5.73 Å².